The van der Waals surface area contributed by atoms with Gasteiger partial charge in [0.05, 0.1) is 26.4 Å². The number of guanidine groups is 1. The van der Waals surface area contributed by atoms with E-state index in [9.17, 15) is 0 Å². The number of aliphatic imine (C=N–C) groups is 1. The van der Waals surface area contributed by atoms with E-state index >= 15 is 0 Å². The fourth-order valence-electron chi connectivity index (χ4n) is 2.38. The number of nitrogens with zero attached hydrogens (tertiary/aromatic N) is 3. The second-order valence-corrected chi connectivity index (χ2v) is 5.59. The van der Waals surface area contributed by atoms with E-state index in [0.717, 1.165) is 23.5 Å². The summed E-state index contributed by atoms with van der Waals surface area (Å²) in [6.07, 6.45) is 3.80. The predicted octanol–water partition coefficient (Wildman–Crippen LogP) is 2.87. The Kier molecular flexibility index (Phi) is 5.31. The molecule has 0 unspecified atom stereocenters. The van der Waals surface area contributed by atoms with Gasteiger partial charge in [0.25, 0.3) is 0 Å². The maximum Gasteiger partial charge on any atom is 0.193 e. The van der Waals surface area contributed by atoms with Crippen molar-refractivity contribution in [1.82, 2.24) is 9.78 Å². The fourth-order valence-corrected chi connectivity index (χ4v) is 2.38. The topological polar surface area (TPSA) is 77.5 Å². The third kappa shape index (κ3) is 4.84. The van der Waals surface area contributed by atoms with Crippen LogP contribution in [0, 0.1) is 0 Å². The second kappa shape index (κ2) is 8.01. The van der Waals surface area contributed by atoms with Crippen molar-refractivity contribution in [2.24, 2.45) is 10.7 Å². The number of methoxy groups -OCH3 is 1. The highest BCUT2D eigenvalue weighted by molar-refractivity contribution is 5.92. The maximum absolute atomic E-state index is 5.93. The van der Waals surface area contributed by atoms with E-state index in [1.807, 2.05) is 59.5 Å². The molecule has 2 aromatic carbocycles. The molecule has 6 nitrogen and oxygen atoms in total. The van der Waals surface area contributed by atoms with E-state index in [1.165, 1.54) is 5.56 Å². The van der Waals surface area contributed by atoms with Crippen LogP contribution >= 0.6 is 0 Å². The number of rotatable bonds is 6. The van der Waals surface area contributed by atoms with E-state index in [-0.39, 0.29) is 0 Å². The molecule has 1 heterocycles. The Bertz CT molecular complexity index is 825. The summed E-state index contributed by atoms with van der Waals surface area (Å²) in [5.74, 6) is 1.16. The summed E-state index contributed by atoms with van der Waals surface area (Å²) in [5, 5.41) is 7.42. The molecule has 25 heavy (non-hydrogen) atoms. The molecule has 0 atom stereocenters. The minimum atomic E-state index is 0.362. The van der Waals surface area contributed by atoms with Crippen molar-refractivity contribution in [3.8, 4) is 5.75 Å². The first-order valence-corrected chi connectivity index (χ1v) is 7.99. The summed E-state index contributed by atoms with van der Waals surface area (Å²) in [7, 11) is 1.64. The van der Waals surface area contributed by atoms with Gasteiger partial charge >= 0.3 is 0 Å². The predicted molar refractivity (Wildman–Crippen MR) is 99.7 cm³/mol. The summed E-state index contributed by atoms with van der Waals surface area (Å²) >= 11 is 0. The lowest BCUT2D eigenvalue weighted by Crippen LogP contribution is -2.22. The van der Waals surface area contributed by atoms with Crippen LogP contribution in [0.4, 0.5) is 5.69 Å². The van der Waals surface area contributed by atoms with Gasteiger partial charge in [0.15, 0.2) is 5.96 Å². The largest absolute Gasteiger partial charge is 0.497 e. The summed E-state index contributed by atoms with van der Waals surface area (Å²) < 4.78 is 7.02. The van der Waals surface area contributed by atoms with Crippen LogP contribution in [0.1, 0.15) is 11.1 Å². The van der Waals surface area contributed by atoms with Crippen molar-refractivity contribution in [2.45, 2.75) is 13.1 Å². The van der Waals surface area contributed by atoms with Gasteiger partial charge in [0.2, 0.25) is 0 Å². The zero-order chi connectivity index (χ0) is 17.5. The van der Waals surface area contributed by atoms with Gasteiger partial charge in [-0.15, -0.1) is 0 Å². The lowest BCUT2D eigenvalue weighted by Gasteiger charge is -2.06. The van der Waals surface area contributed by atoms with Gasteiger partial charge in [-0.25, -0.2) is 4.99 Å². The van der Waals surface area contributed by atoms with Crippen molar-refractivity contribution in [2.75, 3.05) is 12.4 Å². The molecule has 0 spiro atoms. The van der Waals surface area contributed by atoms with Crippen LogP contribution in [-0.2, 0) is 13.1 Å². The molecule has 3 N–H and O–H groups in total. The molecule has 0 amide bonds. The Morgan fingerprint density at radius 3 is 2.60 bits per heavy atom. The smallest absolute Gasteiger partial charge is 0.193 e. The highest BCUT2D eigenvalue weighted by Gasteiger charge is 2.01. The maximum atomic E-state index is 5.93. The molecule has 1 aromatic heterocycles. The van der Waals surface area contributed by atoms with Gasteiger partial charge in [-0.1, -0.05) is 30.3 Å². The van der Waals surface area contributed by atoms with Crippen LogP contribution in [0.3, 0.4) is 0 Å². The van der Waals surface area contributed by atoms with E-state index in [2.05, 4.69) is 27.5 Å². The zero-order valence-electron chi connectivity index (χ0n) is 14.1. The monoisotopic (exact) mass is 335 g/mol. The molecule has 0 aliphatic rings. The molecular weight excluding hydrogens is 314 g/mol. The number of hydrogen-bond donors (Lipinski definition) is 2. The van der Waals surface area contributed by atoms with Crippen molar-refractivity contribution in [3.05, 3.63) is 78.1 Å². The third-order valence-corrected chi connectivity index (χ3v) is 3.67. The van der Waals surface area contributed by atoms with Crippen molar-refractivity contribution in [3.63, 3.8) is 0 Å². The number of nitrogens with one attached hydrogen (secondary N) is 1. The van der Waals surface area contributed by atoms with Crippen LogP contribution in [0.25, 0.3) is 0 Å². The van der Waals surface area contributed by atoms with Gasteiger partial charge in [-0.05, 0) is 29.8 Å². The molecule has 0 saturated carbocycles. The van der Waals surface area contributed by atoms with E-state index in [0.29, 0.717) is 12.5 Å². The zero-order valence-corrected chi connectivity index (χ0v) is 14.1. The number of ether oxygens (including phenoxy) is 1. The molecule has 3 rings (SSSR count). The van der Waals surface area contributed by atoms with Gasteiger partial charge in [0, 0.05) is 17.4 Å². The van der Waals surface area contributed by atoms with Gasteiger partial charge in [0.1, 0.15) is 5.75 Å². The normalized spacial score (nSPS) is 11.3. The minimum Gasteiger partial charge on any atom is -0.497 e. The van der Waals surface area contributed by atoms with Crippen molar-refractivity contribution in [1.29, 1.82) is 0 Å². The standard InChI is InChI=1S/C19H21N5O/c1-25-18-9-7-17(8-10-18)23-19(20)21-11-16-12-22-24(14-16)13-15-5-3-2-4-6-15/h2-10,12,14H,11,13H2,1H3,(H3,20,21,23). The van der Waals surface area contributed by atoms with Gasteiger partial charge in [-0.2, -0.15) is 5.10 Å². The Morgan fingerprint density at radius 1 is 1.12 bits per heavy atom. The molecule has 0 fully saturated rings. The summed E-state index contributed by atoms with van der Waals surface area (Å²) in [6, 6.07) is 17.7. The Morgan fingerprint density at radius 2 is 1.88 bits per heavy atom. The van der Waals surface area contributed by atoms with Crippen molar-refractivity contribution >= 4 is 11.6 Å². The average molecular weight is 335 g/mol. The van der Waals surface area contributed by atoms with Crippen LogP contribution in [-0.4, -0.2) is 22.8 Å². The summed E-state index contributed by atoms with van der Waals surface area (Å²) in [6.45, 7) is 1.22. The first-order chi connectivity index (χ1) is 12.2. The minimum absolute atomic E-state index is 0.362. The Labute approximate surface area is 147 Å². The van der Waals surface area contributed by atoms with Crippen molar-refractivity contribution < 1.29 is 4.74 Å². The second-order valence-electron chi connectivity index (χ2n) is 5.59. The van der Waals surface area contributed by atoms with Crippen LogP contribution in [0.5, 0.6) is 5.75 Å². The first kappa shape index (κ1) is 16.6. The molecule has 0 bridgehead atoms. The van der Waals surface area contributed by atoms with Crippen LogP contribution in [0.2, 0.25) is 0 Å². The summed E-state index contributed by atoms with van der Waals surface area (Å²) in [4.78, 5) is 4.35. The molecular formula is C19H21N5O. The molecule has 0 aliphatic carbocycles. The number of aromatic nitrogens is 2. The molecule has 0 saturated heterocycles. The first-order valence-electron chi connectivity index (χ1n) is 7.99. The SMILES string of the molecule is COc1ccc(NC(N)=NCc2cnn(Cc3ccccc3)c2)cc1. The summed E-state index contributed by atoms with van der Waals surface area (Å²) in [5.41, 5.74) is 9.02. The highest BCUT2D eigenvalue weighted by Crippen LogP contribution is 2.14. The quantitative estimate of drug-likeness (QED) is 0.536. The lowest BCUT2D eigenvalue weighted by molar-refractivity contribution is 0.415. The molecule has 3 aromatic rings. The third-order valence-electron chi connectivity index (χ3n) is 3.67. The number of benzene rings is 2. The number of nitrogens with two attached hydrogens (primary N) is 1. The van der Waals surface area contributed by atoms with Gasteiger partial charge in [-0.3, -0.25) is 4.68 Å². The van der Waals surface area contributed by atoms with E-state index in [4.69, 9.17) is 10.5 Å². The van der Waals surface area contributed by atoms with Crippen LogP contribution < -0.4 is 15.8 Å². The Balaban J connectivity index is 1.55. The molecule has 0 aliphatic heterocycles. The fraction of sp³-hybridized carbons (Fsp3) is 0.158. The van der Waals surface area contributed by atoms with E-state index < -0.39 is 0 Å². The highest BCUT2D eigenvalue weighted by atomic mass is 16.5. The number of hydrogen-bond acceptors (Lipinski definition) is 3. The lowest BCUT2D eigenvalue weighted by atomic mass is 10.2. The van der Waals surface area contributed by atoms with Gasteiger partial charge < -0.3 is 15.8 Å². The average Bonchev–Trinajstić information content (AvgIpc) is 3.09. The van der Waals surface area contributed by atoms with E-state index in [1.54, 1.807) is 7.11 Å². The molecule has 128 valence electrons. The number of anilines is 1. The molecule has 0 radical (unpaired) electrons. The Hall–Kier alpha value is -3.28. The molecule has 6 heteroatoms. The van der Waals surface area contributed by atoms with Crippen LogP contribution in [0.15, 0.2) is 72.0 Å².